The minimum absolute atomic E-state index is 0.296. The van der Waals surface area contributed by atoms with E-state index in [0.717, 1.165) is 38.2 Å². The average Bonchev–Trinajstić information content (AvgIpc) is 2.80. The number of nitrogens with zero attached hydrogens (tertiary/aromatic N) is 3. The third kappa shape index (κ3) is 4.93. The van der Waals surface area contributed by atoms with Crippen LogP contribution in [0.3, 0.4) is 0 Å². The van der Waals surface area contributed by atoms with Gasteiger partial charge in [0.1, 0.15) is 0 Å². The summed E-state index contributed by atoms with van der Waals surface area (Å²) in [4.78, 5) is 2.58. The summed E-state index contributed by atoms with van der Waals surface area (Å²) in [5.41, 5.74) is 5.23. The van der Waals surface area contributed by atoms with Crippen molar-refractivity contribution >= 4 is 6.21 Å². The van der Waals surface area contributed by atoms with Crippen molar-refractivity contribution in [3.8, 4) is 0 Å². The Balaban J connectivity index is 1.43. The van der Waals surface area contributed by atoms with Gasteiger partial charge in [0.25, 0.3) is 0 Å². The molecule has 3 heteroatoms. The van der Waals surface area contributed by atoms with E-state index in [0.29, 0.717) is 6.04 Å². The molecule has 0 atom stereocenters. The van der Waals surface area contributed by atoms with E-state index < -0.39 is 0 Å². The van der Waals surface area contributed by atoms with E-state index in [1.807, 2.05) is 6.21 Å². The summed E-state index contributed by atoms with van der Waals surface area (Å²) in [6, 6.07) is 30.6. The summed E-state index contributed by atoms with van der Waals surface area (Å²) in [7, 11) is 0. The first-order valence-electron chi connectivity index (χ1n) is 10.6. The first kappa shape index (κ1) is 19.4. The molecule has 3 aromatic rings. The molecule has 1 aliphatic rings. The van der Waals surface area contributed by atoms with Gasteiger partial charge in [0.05, 0.1) is 12.3 Å². The lowest BCUT2D eigenvalue weighted by atomic mass is 9.96. The van der Waals surface area contributed by atoms with E-state index >= 15 is 0 Å². The molecule has 0 amide bonds. The monoisotopic (exact) mass is 383 g/mol. The summed E-state index contributed by atoms with van der Waals surface area (Å²) in [5.74, 6) is 0. The maximum absolute atomic E-state index is 4.73. The van der Waals surface area contributed by atoms with Crippen LogP contribution in [0.25, 0.3) is 0 Å². The number of benzene rings is 3. The van der Waals surface area contributed by atoms with Crippen molar-refractivity contribution in [2.75, 3.05) is 26.2 Å². The van der Waals surface area contributed by atoms with Crippen LogP contribution in [0.2, 0.25) is 0 Å². The Bertz CT molecular complexity index is 856. The highest BCUT2D eigenvalue weighted by Gasteiger charge is 2.25. The molecule has 0 aliphatic carbocycles. The molecule has 4 rings (SSSR count). The van der Waals surface area contributed by atoms with E-state index in [2.05, 4.69) is 102 Å². The number of aryl methyl sites for hydroxylation is 1. The molecule has 0 spiro atoms. The summed E-state index contributed by atoms with van der Waals surface area (Å²) >= 11 is 0. The summed E-state index contributed by atoms with van der Waals surface area (Å²) in [5, 5.41) is 6.92. The van der Waals surface area contributed by atoms with Crippen molar-refractivity contribution in [1.82, 2.24) is 9.91 Å². The van der Waals surface area contributed by atoms with Crippen LogP contribution in [0.15, 0.2) is 90.0 Å². The second kappa shape index (κ2) is 9.53. The highest BCUT2D eigenvalue weighted by molar-refractivity contribution is 5.79. The maximum atomic E-state index is 4.73. The number of piperazine rings is 1. The fraction of sp³-hybridized carbons (Fsp3) is 0.269. The van der Waals surface area contributed by atoms with Crippen LogP contribution >= 0.6 is 0 Å². The van der Waals surface area contributed by atoms with E-state index in [4.69, 9.17) is 5.10 Å². The molecule has 1 saturated heterocycles. The molecule has 148 valence electrons. The van der Waals surface area contributed by atoms with Gasteiger partial charge in [-0.15, -0.1) is 0 Å². The van der Waals surface area contributed by atoms with Gasteiger partial charge in [0.15, 0.2) is 0 Å². The third-order valence-corrected chi connectivity index (χ3v) is 5.64. The van der Waals surface area contributed by atoms with Crippen LogP contribution in [0, 0.1) is 0 Å². The molecule has 29 heavy (non-hydrogen) atoms. The van der Waals surface area contributed by atoms with Gasteiger partial charge in [0.2, 0.25) is 0 Å². The van der Waals surface area contributed by atoms with Crippen molar-refractivity contribution < 1.29 is 0 Å². The van der Waals surface area contributed by atoms with Crippen LogP contribution < -0.4 is 0 Å². The molecule has 3 nitrogen and oxygen atoms in total. The fourth-order valence-corrected chi connectivity index (χ4v) is 3.96. The minimum Gasteiger partial charge on any atom is -0.294 e. The van der Waals surface area contributed by atoms with E-state index in [-0.39, 0.29) is 0 Å². The predicted octanol–water partition coefficient (Wildman–Crippen LogP) is 4.99. The Morgan fingerprint density at radius 3 is 1.83 bits per heavy atom. The molecular weight excluding hydrogens is 354 g/mol. The first-order valence-corrected chi connectivity index (χ1v) is 10.6. The first-order chi connectivity index (χ1) is 14.3. The van der Waals surface area contributed by atoms with E-state index in [9.17, 15) is 0 Å². The molecule has 0 unspecified atom stereocenters. The Morgan fingerprint density at radius 1 is 0.759 bits per heavy atom. The topological polar surface area (TPSA) is 18.8 Å². The molecule has 1 aliphatic heterocycles. The van der Waals surface area contributed by atoms with Gasteiger partial charge in [-0.2, -0.15) is 5.10 Å². The zero-order chi connectivity index (χ0) is 19.9. The molecule has 0 aromatic heterocycles. The van der Waals surface area contributed by atoms with E-state index in [1.54, 1.807) is 0 Å². The minimum atomic E-state index is 0.296. The number of hydrogen-bond acceptors (Lipinski definition) is 3. The quantitative estimate of drug-likeness (QED) is 0.559. The van der Waals surface area contributed by atoms with E-state index in [1.165, 1.54) is 16.7 Å². The average molecular weight is 384 g/mol. The van der Waals surface area contributed by atoms with Gasteiger partial charge in [-0.3, -0.25) is 9.91 Å². The van der Waals surface area contributed by atoms with Gasteiger partial charge in [-0.1, -0.05) is 91.9 Å². The molecule has 0 bridgehead atoms. The maximum Gasteiger partial charge on any atom is 0.0603 e. The number of hydrogen-bond donors (Lipinski definition) is 0. The molecular formula is C26H29N3. The lowest BCUT2D eigenvalue weighted by Gasteiger charge is -2.38. The Morgan fingerprint density at radius 2 is 1.31 bits per heavy atom. The van der Waals surface area contributed by atoms with Crippen molar-refractivity contribution in [2.24, 2.45) is 5.10 Å². The van der Waals surface area contributed by atoms with Gasteiger partial charge in [-0.25, -0.2) is 0 Å². The Kier molecular flexibility index (Phi) is 6.38. The molecule has 0 saturated carbocycles. The van der Waals surface area contributed by atoms with Crippen LogP contribution in [-0.4, -0.2) is 42.3 Å². The smallest absolute Gasteiger partial charge is 0.0603 e. The Hall–Kier alpha value is -2.91. The number of rotatable bonds is 6. The zero-order valence-electron chi connectivity index (χ0n) is 17.1. The van der Waals surface area contributed by atoms with Crippen molar-refractivity contribution in [3.05, 3.63) is 107 Å². The lowest BCUT2D eigenvalue weighted by molar-refractivity contribution is 0.113. The van der Waals surface area contributed by atoms with Gasteiger partial charge < -0.3 is 0 Å². The zero-order valence-corrected chi connectivity index (χ0v) is 17.1. The lowest BCUT2D eigenvalue weighted by Crippen LogP contribution is -2.45. The van der Waals surface area contributed by atoms with Crippen molar-refractivity contribution in [3.63, 3.8) is 0 Å². The predicted molar refractivity (Wildman–Crippen MR) is 121 cm³/mol. The highest BCUT2D eigenvalue weighted by atomic mass is 15.5. The van der Waals surface area contributed by atoms with Gasteiger partial charge in [0, 0.05) is 26.2 Å². The highest BCUT2D eigenvalue weighted by Crippen LogP contribution is 2.29. The summed E-state index contributed by atoms with van der Waals surface area (Å²) in [6.45, 7) is 6.07. The number of hydrazone groups is 1. The second-order valence-corrected chi connectivity index (χ2v) is 7.55. The van der Waals surface area contributed by atoms with Crippen molar-refractivity contribution in [2.45, 2.75) is 19.4 Å². The molecule has 1 fully saturated rings. The second-order valence-electron chi connectivity index (χ2n) is 7.55. The van der Waals surface area contributed by atoms with Crippen LogP contribution in [-0.2, 0) is 6.42 Å². The largest absolute Gasteiger partial charge is 0.294 e. The molecule has 1 heterocycles. The van der Waals surface area contributed by atoms with Gasteiger partial charge >= 0.3 is 0 Å². The molecule has 0 N–H and O–H groups in total. The van der Waals surface area contributed by atoms with Crippen LogP contribution in [0.5, 0.6) is 0 Å². The third-order valence-electron chi connectivity index (χ3n) is 5.64. The van der Waals surface area contributed by atoms with Crippen LogP contribution in [0.4, 0.5) is 0 Å². The van der Waals surface area contributed by atoms with Crippen LogP contribution in [0.1, 0.15) is 35.2 Å². The summed E-state index contributed by atoms with van der Waals surface area (Å²) in [6.07, 6.45) is 3.06. The van der Waals surface area contributed by atoms with Gasteiger partial charge in [-0.05, 0) is 28.7 Å². The molecule has 0 radical (unpaired) electrons. The standard InChI is InChI=1S/C26H29N3/c1-2-22-13-15-23(16-14-22)21-27-29-19-17-28(18-20-29)26(24-9-5-3-6-10-24)25-11-7-4-8-12-25/h3-16,21,26H,2,17-20H2,1H3. The van der Waals surface area contributed by atoms with Crippen molar-refractivity contribution in [1.29, 1.82) is 0 Å². The summed E-state index contributed by atoms with van der Waals surface area (Å²) < 4.78 is 0. The Labute approximate surface area is 174 Å². The molecule has 3 aromatic carbocycles. The fourth-order valence-electron chi connectivity index (χ4n) is 3.96. The SMILES string of the molecule is CCc1ccc(C=NN2CCN(C(c3ccccc3)c3ccccc3)CC2)cc1. The normalized spacial score (nSPS) is 15.3.